The molecule has 0 saturated heterocycles. The lowest BCUT2D eigenvalue weighted by Gasteiger charge is -2.18. The van der Waals surface area contributed by atoms with Crippen molar-refractivity contribution in [1.29, 1.82) is 0 Å². The predicted molar refractivity (Wildman–Crippen MR) is 123 cm³/mol. The van der Waals surface area contributed by atoms with Gasteiger partial charge in [-0.3, -0.25) is 14.2 Å². The number of thioether (sulfide) groups is 1. The Morgan fingerprint density at radius 1 is 1.27 bits per heavy atom. The number of hydrogen-bond donors (Lipinski definition) is 2. The molecule has 0 bridgehead atoms. The van der Waals surface area contributed by atoms with Crippen LogP contribution >= 0.6 is 11.8 Å². The number of nitrogens with one attached hydrogen (secondary N) is 2. The molecular formula is C23H30N4O2S. The van der Waals surface area contributed by atoms with Gasteiger partial charge in [-0.2, -0.15) is 0 Å². The third-order valence-electron chi connectivity index (χ3n) is 5.27. The van der Waals surface area contributed by atoms with Crippen LogP contribution in [0.4, 0.5) is 0 Å². The topological polar surface area (TPSA) is 79.8 Å². The van der Waals surface area contributed by atoms with E-state index in [1.54, 1.807) is 4.57 Å². The highest BCUT2D eigenvalue weighted by Crippen LogP contribution is 2.22. The molecule has 0 saturated carbocycles. The fraction of sp³-hybridized carbons (Fsp3) is 0.435. The van der Waals surface area contributed by atoms with E-state index in [4.69, 9.17) is 0 Å². The number of aromatic nitrogens is 3. The first kappa shape index (κ1) is 22.2. The number of fused-ring (bicyclic) bond motifs is 1. The van der Waals surface area contributed by atoms with Gasteiger partial charge in [-0.1, -0.05) is 49.0 Å². The summed E-state index contributed by atoms with van der Waals surface area (Å²) in [6, 6.07) is 12.2. The second kappa shape index (κ2) is 9.98. The molecule has 2 heterocycles. The number of H-pyrrole nitrogens is 1. The summed E-state index contributed by atoms with van der Waals surface area (Å²) in [6.07, 6.45) is 2.61. The molecule has 0 aliphatic carbocycles. The number of amides is 1. The Labute approximate surface area is 181 Å². The van der Waals surface area contributed by atoms with Crippen molar-refractivity contribution in [3.63, 3.8) is 0 Å². The van der Waals surface area contributed by atoms with Gasteiger partial charge >= 0.3 is 0 Å². The minimum Gasteiger partial charge on any atom is -0.353 e. The summed E-state index contributed by atoms with van der Waals surface area (Å²) in [5, 5.41) is 3.65. The van der Waals surface area contributed by atoms with E-state index in [1.807, 2.05) is 52.0 Å². The van der Waals surface area contributed by atoms with E-state index in [1.165, 1.54) is 17.3 Å². The van der Waals surface area contributed by atoms with Crippen molar-refractivity contribution in [2.24, 2.45) is 0 Å². The van der Waals surface area contributed by atoms with Crippen LogP contribution in [0, 0.1) is 6.92 Å². The number of hydrogen-bond acceptors (Lipinski definition) is 4. The van der Waals surface area contributed by atoms with Gasteiger partial charge in [0.05, 0.1) is 11.3 Å². The highest BCUT2D eigenvalue weighted by molar-refractivity contribution is 7.99. The van der Waals surface area contributed by atoms with Gasteiger partial charge in [0, 0.05) is 17.8 Å². The number of aryl methyl sites for hydroxylation is 2. The zero-order valence-electron chi connectivity index (χ0n) is 18.1. The summed E-state index contributed by atoms with van der Waals surface area (Å²) in [4.78, 5) is 33.2. The van der Waals surface area contributed by atoms with E-state index in [9.17, 15) is 9.59 Å². The van der Waals surface area contributed by atoms with Crippen LogP contribution in [0.5, 0.6) is 0 Å². The molecule has 2 aromatic heterocycles. The van der Waals surface area contributed by atoms with E-state index >= 15 is 0 Å². The quantitative estimate of drug-likeness (QED) is 0.396. The zero-order valence-corrected chi connectivity index (χ0v) is 18.9. The summed E-state index contributed by atoms with van der Waals surface area (Å²) in [6.45, 7) is 7.97. The van der Waals surface area contributed by atoms with Crippen LogP contribution in [0.1, 0.15) is 50.9 Å². The van der Waals surface area contributed by atoms with Gasteiger partial charge in [0.25, 0.3) is 5.56 Å². The molecule has 0 spiro atoms. The number of aromatic amines is 1. The maximum Gasteiger partial charge on any atom is 0.278 e. The van der Waals surface area contributed by atoms with Crippen LogP contribution in [-0.2, 0) is 11.2 Å². The average molecular weight is 427 g/mol. The van der Waals surface area contributed by atoms with Gasteiger partial charge in [0.2, 0.25) is 5.91 Å². The van der Waals surface area contributed by atoms with Crippen molar-refractivity contribution in [2.75, 3.05) is 5.75 Å². The molecule has 0 unspecified atom stereocenters. The SMILES string of the molecule is CC[C@H](C)n1c(SCC(=O)N[C@@H](C)CCc2ccccc2)nc2cc(C)[nH]c2c1=O. The molecule has 0 aliphatic rings. The van der Waals surface area contributed by atoms with E-state index < -0.39 is 0 Å². The van der Waals surface area contributed by atoms with Crippen molar-refractivity contribution in [3.05, 3.63) is 58.0 Å². The lowest BCUT2D eigenvalue weighted by molar-refractivity contribution is -0.119. The first-order valence-corrected chi connectivity index (χ1v) is 11.5. The number of benzene rings is 1. The van der Waals surface area contributed by atoms with Crippen molar-refractivity contribution in [2.45, 2.75) is 64.2 Å². The fourth-order valence-corrected chi connectivity index (χ4v) is 4.32. The Morgan fingerprint density at radius 2 is 2.00 bits per heavy atom. The summed E-state index contributed by atoms with van der Waals surface area (Å²) in [5.74, 6) is 0.184. The van der Waals surface area contributed by atoms with E-state index in [0.29, 0.717) is 16.2 Å². The Kier molecular flexibility index (Phi) is 7.37. The molecule has 0 aliphatic heterocycles. The molecule has 2 atom stereocenters. The monoisotopic (exact) mass is 426 g/mol. The molecule has 6 nitrogen and oxygen atoms in total. The third kappa shape index (κ3) is 5.33. The minimum absolute atomic E-state index is 0.00774. The number of nitrogens with zero attached hydrogens (tertiary/aromatic N) is 2. The third-order valence-corrected chi connectivity index (χ3v) is 6.22. The Morgan fingerprint density at radius 3 is 2.70 bits per heavy atom. The van der Waals surface area contributed by atoms with Crippen LogP contribution in [0.3, 0.4) is 0 Å². The Hall–Kier alpha value is -2.54. The molecule has 30 heavy (non-hydrogen) atoms. The summed E-state index contributed by atoms with van der Waals surface area (Å²) >= 11 is 1.32. The second-order valence-corrected chi connectivity index (χ2v) is 8.76. The van der Waals surface area contributed by atoms with Gasteiger partial charge in [0.1, 0.15) is 5.52 Å². The zero-order chi connectivity index (χ0) is 21.7. The van der Waals surface area contributed by atoms with Gasteiger partial charge in [-0.05, 0) is 51.7 Å². The number of carbonyl (C=O) groups is 1. The Bertz CT molecular complexity index is 1060. The molecule has 3 aromatic rings. The van der Waals surface area contributed by atoms with Crippen molar-refractivity contribution >= 4 is 28.7 Å². The molecule has 1 aromatic carbocycles. The highest BCUT2D eigenvalue weighted by Gasteiger charge is 2.18. The van der Waals surface area contributed by atoms with Crippen LogP contribution in [0.25, 0.3) is 11.0 Å². The average Bonchev–Trinajstić information content (AvgIpc) is 3.11. The van der Waals surface area contributed by atoms with E-state index in [-0.39, 0.29) is 29.3 Å². The molecular weight excluding hydrogens is 396 g/mol. The highest BCUT2D eigenvalue weighted by atomic mass is 32.2. The molecule has 3 rings (SSSR count). The standard InChI is InChI=1S/C23H30N4O2S/c1-5-17(4)27-22(29)21-19(13-16(3)25-21)26-23(27)30-14-20(28)24-15(2)11-12-18-9-7-6-8-10-18/h6-10,13,15,17,25H,5,11-12,14H2,1-4H3,(H,24,28)/t15-,17-/m0/s1. The van der Waals surface area contributed by atoms with Crippen LogP contribution in [0.15, 0.2) is 46.3 Å². The number of carbonyl (C=O) groups excluding carboxylic acids is 1. The second-order valence-electron chi connectivity index (χ2n) is 7.82. The maximum absolute atomic E-state index is 13.0. The van der Waals surface area contributed by atoms with Crippen molar-refractivity contribution in [3.8, 4) is 0 Å². The van der Waals surface area contributed by atoms with Crippen LogP contribution in [0.2, 0.25) is 0 Å². The van der Waals surface area contributed by atoms with Crippen molar-refractivity contribution < 1.29 is 4.79 Å². The van der Waals surface area contributed by atoms with Crippen LogP contribution < -0.4 is 10.9 Å². The minimum atomic E-state index is -0.0819. The molecule has 7 heteroatoms. The molecule has 160 valence electrons. The lowest BCUT2D eigenvalue weighted by Crippen LogP contribution is -2.34. The maximum atomic E-state index is 13.0. The van der Waals surface area contributed by atoms with Gasteiger partial charge < -0.3 is 10.3 Å². The first-order chi connectivity index (χ1) is 14.4. The van der Waals surface area contributed by atoms with Gasteiger partial charge in [-0.25, -0.2) is 4.98 Å². The van der Waals surface area contributed by atoms with Gasteiger partial charge in [-0.15, -0.1) is 0 Å². The molecule has 0 fully saturated rings. The Balaban J connectivity index is 1.65. The smallest absolute Gasteiger partial charge is 0.278 e. The normalized spacial score (nSPS) is 13.3. The number of rotatable bonds is 9. The fourth-order valence-electron chi connectivity index (χ4n) is 3.41. The largest absolute Gasteiger partial charge is 0.353 e. The van der Waals surface area contributed by atoms with Crippen LogP contribution in [-0.4, -0.2) is 32.2 Å². The lowest BCUT2D eigenvalue weighted by atomic mass is 10.1. The van der Waals surface area contributed by atoms with E-state index in [0.717, 1.165) is 25.0 Å². The first-order valence-electron chi connectivity index (χ1n) is 10.5. The predicted octanol–water partition coefficient (Wildman–Crippen LogP) is 4.23. The van der Waals surface area contributed by atoms with Gasteiger partial charge in [0.15, 0.2) is 5.16 Å². The molecule has 2 N–H and O–H groups in total. The van der Waals surface area contributed by atoms with E-state index in [2.05, 4.69) is 27.4 Å². The summed E-state index contributed by atoms with van der Waals surface area (Å²) in [7, 11) is 0. The summed E-state index contributed by atoms with van der Waals surface area (Å²) < 4.78 is 1.70. The summed E-state index contributed by atoms with van der Waals surface area (Å²) in [5.41, 5.74) is 3.26. The molecule has 0 radical (unpaired) electrons. The molecule has 1 amide bonds. The van der Waals surface area contributed by atoms with Crippen molar-refractivity contribution in [1.82, 2.24) is 19.9 Å².